The molecule has 2 N–H and O–H groups in total. The summed E-state index contributed by atoms with van der Waals surface area (Å²) in [4.78, 5) is 12.9. The molecular weight excluding hydrogens is 298 g/mol. The van der Waals surface area contributed by atoms with E-state index in [-0.39, 0.29) is 17.2 Å². The molecule has 4 heteroatoms. The average molecular weight is 318 g/mol. The minimum absolute atomic E-state index is 0.0223. The van der Waals surface area contributed by atoms with Gasteiger partial charge in [0.1, 0.15) is 5.78 Å². The van der Waals surface area contributed by atoms with E-state index in [0.717, 1.165) is 15.1 Å². The molecular formula is C13H20BrNOS. The number of hydrogen-bond donors (Lipinski definition) is 1. The van der Waals surface area contributed by atoms with Crippen LogP contribution in [0.5, 0.6) is 0 Å². The summed E-state index contributed by atoms with van der Waals surface area (Å²) in [5.41, 5.74) is 6.18. The zero-order valence-electron chi connectivity index (χ0n) is 10.6. The zero-order valence-corrected chi connectivity index (χ0v) is 13.0. The average Bonchev–Trinajstić information content (AvgIpc) is 2.46. The number of carbonyl (C=O) groups excluding carboxylic acids is 1. The molecule has 1 rings (SSSR count). The summed E-state index contributed by atoms with van der Waals surface area (Å²) in [6.07, 6.45) is 1.87. The second-order valence-corrected chi connectivity index (χ2v) is 8.20. The van der Waals surface area contributed by atoms with Crippen molar-refractivity contribution in [2.45, 2.75) is 46.1 Å². The van der Waals surface area contributed by atoms with Crippen molar-refractivity contribution in [2.24, 2.45) is 11.1 Å². The van der Waals surface area contributed by atoms with Gasteiger partial charge in [0.2, 0.25) is 0 Å². The third kappa shape index (κ3) is 6.34. The van der Waals surface area contributed by atoms with Crippen LogP contribution in [-0.4, -0.2) is 11.8 Å². The van der Waals surface area contributed by atoms with E-state index in [2.05, 4.69) is 36.7 Å². The summed E-state index contributed by atoms with van der Waals surface area (Å²) in [6, 6.07) is 3.94. The van der Waals surface area contributed by atoms with Gasteiger partial charge in [0.15, 0.2) is 0 Å². The number of halogens is 1. The van der Waals surface area contributed by atoms with Gasteiger partial charge in [-0.3, -0.25) is 4.79 Å². The number of carbonyl (C=O) groups is 1. The summed E-state index contributed by atoms with van der Waals surface area (Å²) in [5, 5.41) is 0. The lowest BCUT2D eigenvalue weighted by Gasteiger charge is -2.22. The van der Waals surface area contributed by atoms with Crippen molar-refractivity contribution in [2.75, 3.05) is 0 Å². The first-order chi connectivity index (χ1) is 7.76. The summed E-state index contributed by atoms with van der Waals surface area (Å²) in [7, 11) is 0. The molecule has 0 spiro atoms. The first-order valence-electron chi connectivity index (χ1n) is 5.78. The molecule has 0 radical (unpaired) electrons. The van der Waals surface area contributed by atoms with Gasteiger partial charge in [-0.1, -0.05) is 20.8 Å². The van der Waals surface area contributed by atoms with E-state index < -0.39 is 0 Å². The minimum atomic E-state index is -0.0223. The van der Waals surface area contributed by atoms with Crippen LogP contribution in [0.4, 0.5) is 0 Å². The number of rotatable bonds is 5. The largest absolute Gasteiger partial charge is 0.327 e. The number of hydrogen-bond acceptors (Lipinski definition) is 3. The number of Topliss-reactive ketones (excluding diaryl/α,β-unsaturated/α-hetero) is 1. The van der Waals surface area contributed by atoms with Crippen LogP contribution < -0.4 is 5.73 Å². The molecule has 1 aromatic rings. The maximum atomic E-state index is 11.8. The first kappa shape index (κ1) is 14.9. The summed E-state index contributed by atoms with van der Waals surface area (Å²) in [6.45, 7) is 6.44. The molecule has 1 heterocycles. The predicted octanol–water partition coefficient (Wildman–Crippen LogP) is 3.78. The molecule has 0 amide bonds. The van der Waals surface area contributed by atoms with E-state index in [1.807, 2.05) is 12.1 Å². The highest BCUT2D eigenvalue weighted by molar-refractivity contribution is 9.11. The highest BCUT2D eigenvalue weighted by Crippen LogP contribution is 2.24. The van der Waals surface area contributed by atoms with Gasteiger partial charge in [-0.25, -0.2) is 0 Å². The Balaban J connectivity index is 2.39. The number of ketones is 1. The summed E-state index contributed by atoms with van der Waals surface area (Å²) < 4.78 is 1.07. The lowest BCUT2D eigenvalue weighted by molar-refractivity contribution is -0.118. The fraction of sp³-hybridized carbons (Fsp3) is 0.615. The van der Waals surface area contributed by atoms with Crippen molar-refractivity contribution in [1.29, 1.82) is 0 Å². The third-order valence-corrected chi connectivity index (χ3v) is 3.99. The molecule has 2 nitrogen and oxygen atoms in total. The van der Waals surface area contributed by atoms with Crippen LogP contribution >= 0.6 is 27.3 Å². The molecule has 0 bridgehead atoms. The van der Waals surface area contributed by atoms with Gasteiger partial charge in [0.25, 0.3) is 0 Å². The SMILES string of the molecule is CC(C)(C)CC(N)CC(=O)Cc1ccc(Br)s1. The summed E-state index contributed by atoms with van der Waals surface area (Å²) >= 11 is 5.01. The van der Waals surface area contributed by atoms with Gasteiger partial charge < -0.3 is 5.73 Å². The van der Waals surface area contributed by atoms with Crippen LogP contribution in [0.2, 0.25) is 0 Å². The Morgan fingerprint density at radius 2 is 2.12 bits per heavy atom. The van der Waals surface area contributed by atoms with Gasteiger partial charge in [-0.15, -0.1) is 11.3 Å². The van der Waals surface area contributed by atoms with Crippen molar-refractivity contribution in [1.82, 2.24) is 0 Å². The minimum Gasteiger partial charge on any atom is -0.327 e. The second-order valence-electron chi connectivity index (χ2n) is 5.65. The van der Waals surface area contributed by atoms with Crippen molar-refractivity contribution < 1.29 is 4.79 Å². The van der Waals surface area contributed by atoms with Crippen LogP contribution in [0, 0.1) is 5.41 Å². The lowest BCUT2D eigenvalue weighted by atomic mass is 9.86. The number of nitrogens with two attached hydrogens (primary N) is 1. The predicted molar refractivity (Wildman–Crippen MR) is 77.4 cm³/mol. The quantitative estimate of drug-likeness (QED) is 0.898. The van der Waals surface area contributed by atoms with E-state index >= 15 is 0 Å². The zero-order chi connectivity index (χ0) is 13.1. The molecule has 0 saturated heterocycles. The lowest BCUT2D eigenvalue weighted by Crippen LogP contribution is -2.29. The van der Waals surface area contributed by atoms with Crippen LogP contribution in [0.15, 0.2) is 15.9 Å². The van der Waals surface area contributed by atoms with Gasteiger partial charge >= 0.3 is 0 Å². The molecule has 0 aromatic carbocycles. The molecule has 96 valence electrons. The molecule has 0 saturated carbocycles. The van der Waals surface area contributed by atoms with E-state index in [1.54, 1.807) is 11.3 Å². The third-order valence-electron chi connectivity index (χ3n) is 2.36. The standard InChI is InChI=1S/C13H20BrNOS/c1-13(2,3)8-9(15)6-10(16)7-11-4-5-12(14)17-11/h4-5,9H,6-8,15H2,1-3H3. The Morgan fingerprint density at radius 3 is 2.59 bits per heavy atom. The summed E-state index contributed by atoms with van der Waals surface area (Å²) in [5.74, 6) is 0.233. The molecule has 1 atom stereocenters. The monoisotopic (exact) mass is 317 g/mol. The van der Waals surface area contributed by atoms with Gasteiger partial charge in [0, 0.05) is 23.8 Å². The van der Waals surface area contributed by atoms with Crippen molar-refractivity contribution in [3.8, 4) is 0 Å². The van der Waals surface area contributed by atoms with Crippen LogP contribution in [0.25, 0.3) is 0 Å². The fourth-order valence-electron chi connectivity index (χ4n) is 1.86. The molecule has 0 aliphatic carbocycles. The van der Waals surface area contributed by atoms with E-state index in [4.69, 9.17) is 5.73 Å². The smallest absolute Gasteiger partial charge is 0.139 e. The van der Waals surface area contributed by atoms with Gasteiger partial charge in [-0.2, -0.15) is 0 Å². The van der Waals surface area contributed by atoms with Crippen LogP contribution in [0.3, 0.4) is 0 Å². The number of thiophene rings is 1. The first-order valence-corrected chi connectivity index (χ1v) is 7.39. The van der Waals surface area contributed by atoms with E-state index in [0.29, 0.717) is 12.8 Å². The van der Waals surface area contributed by atoms with Crippen LogP contribution in [0.1, 0.15) is 38.5 Å². The Labute approximate surface area is 116 Å². The Kier molecular flexibility index (Phi) is 5.35. The van der Waals surface area contributed by atoms with Crippen molar-refractivity contribution >= 4 is 33.0 Å². The topological polar surface area (TPSA) is 43.1 Å². The van der Waals surface area contributed by atoms with Gasteiger partial charge in [0.05, 0.1) is 3.79 Å². The Bertz CT molecular complexity index is 381. The maximum absolute atomic E-state index is 11.8. The van der Waals surface area contributed by atoms with Crippen LogP contribution in [-0.2, 0) is 11.2 Å². The van der Waals surface area contributed by atoms with Gasteiger partial charge in [-0.05, 0) is 39.9 Å². The second kappa shape index (κ2) is 6.12. The highest BCUT2D eigenvalue weighted by Gasteiger charge is 2.18. The molecule has 0 fully saturated rings. The molecule has 17 heavy (non-hydrogen) atoms. The molecule has 1 unspecified atom stereocenters. The Morgan fingerprint density at radius 1 is 1.47 bits per heavy atom. The molecule has 1 aromatic heterocycles. The fourth-order valence-corrected chi connectivity index (χ4v) is 3.38. The van der Waals surface area contributed by atoms with Crippen molar-refractivity contribution in [3.63, 3.8) is 0 Å². The maximum Gasteiger partial charge on any atom is 0.139 e. The normalized spacial score (nSPS) is 13.7. The Hall–Kier alpha value is -0.190. The van der Waals surface area contributed by atoms with E-state index in [1.165, 1.54) is 0 Å². The van der Waals surface area contributed by atoms with Crippen molar-refractivity contribution in [3.05, 3.63) is 20.8 Å². The molecule has 0 aliphatic rings. The van der Waals surface area contributed by atoms with E-state index in [9.17, 15) is 4.79 Å². The highest BCUT2D eigenvalue weighted by atomic mass is 79.9. The molecule has 0 aliphatic heterocycles.